The quantitative estimate of drug-likeness (QED) is 0.650. The normalized spacial score (nSPS) is 16.0. The number of aryl methyl sites for hydroxylation is 1. The number of ether oxygens (including phenoxy) is 1. The molecule has 0 N–H and O–H groups in total. The zero-order chi connectivity index (χ0) is 21.7. The van der Waals surface area contributed by atoms with Crippen molar-refractivity contribution in [2.45, 2.75) is 53.2 Å². The molecule has 0 bridgehead atoms. The number of rotatable bonds is 7. The van der Waals surface area contributed by atoms with Crippen LogP contribution >= 0.6 is 0 Å². The summed E-state index contributed by atoms with van der Waals surface area (Å²) in [6, 6.07) is 16.0. The molecule has 2 aromatic carbocycles. The fraction of sp³-hybridized carbons (Fsp3) is 0.440. The van der Waals surface area contributed by atoms with Crippen molar-refractivity contribution in [2.75, 3.05) is 13.7 Å². The van der Waals surface area contributed by atoms with Crippen molar-refractivity contribution in [3.05, 3.63) is 65.2 Å². The van der Waals surface area contributed by atoms with Crippen LogP contribution in [0.3, 0.4) is 0 Å². The third-order valence-electron chi connectivity index (χ3n) is 5.15. The van der Waals surface area contributed by atoms with Gasteiger partial charge in [-0.3, -0.25) is 4.79 Å². The molecule has 1 heterocycles. The number of carbonyl (C=O) groups excluding carboxylic acids is 1. The van der Waals surface area contributed by atoms with Gasteiger partial charge in [-0.25, -0.2) is 0 Å². The predicted molar refractivity (Wildman–Crippen MR) is 120 cm³/mol. The molecule has 160 valence electrons. The molecular weight excluding hydrogens is 376 g/mol. The number of hydrogen-bond donors (Lipinski definition) is 0. The predicted octanol–water partition coefficient (Wildman–Crippen LogP) is 4.96. The minimum atomic E-state index is -0.144. The first-order valence-electron chi connectivity index (χ1n) is 10.4. The van der Waals surface area contributed by atoms with Crippen molar-refractivity contribution < 1.29 is 14.4 Å². The number of amides is 1. The Morgan fingerprint density at radius 2 is 1.97 bits per heavy atom. The molecule has 0 saturated heterocycles. The van der Waals surface area contributed by atoms with Gasteiger partial charge in [0.1, 0.15) is 5.75 Å². The maximum absolute atomic E-state index is 13.1. The van der Waals surface area contributed by atoms with Crippen LogP contribution in [0.25, 0.3) is 0 Å². The van der Waals surface area contributed by atoms with Crippen LogP contribution in [0.4, 0.5) is 0 Å². The molecule has 0 spiro atoms. The van der Waals surface area contributed by atoms with Crippen LogP contribution < -0.4 is 4.74 Å². The molecule has 1 aliphatic heterocycles. The van der Waals surface area contributed by atoms with Crippen molar-refractivity contribution in [2.24, 2.45) is 10.6 Å². The maximum atomic E-state index is 13.1. The maximum Gasteiger partial charge on any atom is 0.223 e. The molecule has 30 heavy (non-hydrogen) atoms. The van der Waals surface area contributed by atoms with E-state index in [4.69, 9.17) is 9.57 Å². The van der Waals surface area contributed by atoms with E-state index >= 15 is 0 Å². The molecule has 5 nitrogen and oxygen atoms in total. The van der Waals surface area contributed by atoms with Gasteiger partial charge in [0.2, 0.25) is 5.91 Å². The Morgan fingerprint density at radius 1 is 1.20 bits per heavy atom. The van der Waals surface area contributed by atoms with Gasteiger partial charge in [0, 0.05) is 24.9 Å². The van der Waals surface area contributed by atoms with Gasteiger partial charge in [-0.15, -0.1) is 0 Å². The minimum Gasteiger partial charge on any atom is -0.497 e. The summed E-state index contributed by atoms with van der Waals surface area (Å²) in [4.78, 5) is 20.7. The first kappa shape index (κ1) is 21.9. The summed E-state index contributed by atoms with van der Waals surface area (Å²) in [6.07, 6.45) is 1.03. The number of nitrogens with zero attached hydrogens (tertiary/aromatic N) is 2. The van der Waals surface area contributed by atoms with Crippen molar-refractivity contribution in [3.63, 3.8) is 0 Å². The van der Waals surface area contributed by atoms with E-state index < -0.39 is 0 Å². The Bertz CT molecular complexity index is 915. The SMILES string of the molecule is COc1cccc(CN(C[C@H]2CC(c3ccccc3C)=NO2)C(=O)CC(C)(C)C)c1. The second kappa shape index (κ2) is 9.33. The third kappa shape index (κ3) is 5.85. The van der Waals surface area contributed by atoms with Gasteiger partial charge < -0.3 is 14.5 Å². The number of hydrogen-bond acceptors (Lipinski definition) is 4. The number of carbonyl (C=O) groups is 1. The summed E-state index contributed by atoms with van der Waals surface area (Å²) < 4.78 is 5.34. The fourth-order valence-corrected chi connectivity index (χ4v) is 3.64. The van der Waals surface area contributed by atoms with E-state index in [9.17, 15) is 4.79 Å². The lowest BCUT2D eigenvalue weighted by atomic mass is 9.91. The Kier molecular flexibility index (Phi) is 6.80. The number of benzene rings is 2. The van der Waals surface area contributed by atoms with Crippen LogP contribution in [-0.2, 0) is 16.2 Å². The summed E-state index contributed by atoms with van der Waals surface area (Å²) in [6.45, 7) is 9.35. The molecule has 0 aromatic heterocycles. The first-order chi connectivity index (χ1) is 14.2. The van der Waals surface area contributed by atoms with E-state index in [0.717, 1.165) is 22.6 Å². The van der Waals surface area contributed by atoms with E-state index in [2.05, 4.69) is 45.0 Å². The fourth-order valence-electron chi connectivity index (χ4n) is 3.64. The molecule has 1 amide bonds. The molecule has 1 atom stereocenters. The van der Waals surface area contributed by atoms with Crippen LogP contribution in [0.5, 0.6) is 5.75 Å². The van der Waals surface area contributed by atoms with Gasteiger partial charge in [0.15, 0.2) is 6.10 Å². The first-order valence-corrected chi connectivity index (χ1v) is 10.4. The van der Waals surface area contributed by atoms with Crippen LogP contribution in [0.1, 0.15) is 50.3 Å². The van der Waals surface area contributed by atoms with Crippen LogP contribution in [0.2, 0.25) is 0 Å². The zero-order valence-electron chi connectivity index (χ0n) is 18.6. The van der Waals surface area contributed by atoms with Crippen molar-refractivity contribution >= 4 is 11.6 Å². The van der Waals surface area contributed by atoms with Crippen LogP contribution in [-0.4, -0.2) is 36.3 Å². The van der Waals surface area contributed by atoms with Crippen LogP contribution in [0, 0.1) is 12.3 Å². The Morgan fingerprint density at radius 3 is 2.67 bits per heavy atom. The number of methoxy groups -OCH3 is 1. The Labute approximate surface area is 179 Å². The number of oxime groups is 1. The molecule has 5 heteroatoms. The second-order valence-corrected chi connectivity index (χ2v) is 9.15. The van der Waals surface area contributed by atoms with E-state index in [1.807, 2.05) is 41.3 Å². The zero-order valence-corrected chi connectivity index (χ0v) is 18.6. The Hall–Kier alpha value is -2.82. The highest BCUT2D eigenvalue weighted by Gasteiger charge is 2.29. The van der Waals surface area contributed by atoms with E-state index in [-0.39, 0.29) is 17.4 Å². The van der Waals surface area contributed by atoms with Crippen molar-refractivity contribution in [3.8, 4) is 5.75 Å². The standard InChI is InChI=1S/C25H32N2O3/c1-18-9-6-7-12-22(18)23-14-21(30-26-23)17-27(24(28)15-25(2,3)4)16-19-10-8-11-20(13-19)29-5/h6-13,21H,14-17H2,1-5H3/t21-/m1/s1. The molecule has 1 aliphatic rings. The van der Waals surface area contributed by atoms with Gasteiger partial charge in [-0.05, 0) is 35.6 Å². The average molecular weight is 409 g/mol. The van der Waals surface area contributed by atoms with Gasteiger partial charge >= 0.3 is 0 Å². The topological polar surface area (TPSA) is 51.1 Å². The molecule has 0 aliphatic carbocycles. The lowest BCUT2D eigenvalue weighted by Crippen LogP contribution is -2.38. The minimum absolute atomic E-state index is 0.0803. The molecule has 3 rings (SSSR count). The van der Waals surface area contributed by atoms with E-state index in [1.165, 1.54) is 5.56 Å². The van der Waals surface area contributed by atoms with Gasteiger partial charge in [0.25, 0.3) is 0 Å². The lowest BCUT2D eigenvalue weighted by Gasteiger charge is -2.28. The summed E-state index contributed by atoms with van der Waals surface area (Å²) in [5.74, 6) is 0.913. The molecular formula is C25H32N2O3. The smallest absolute Gasteiger partial charge is 0.223 e. The van der Waals surface area contributed by atoms with Gasteiger partial charge in [-0.1, -0.05) is 62.3 Å². The molecule has 2 aromatic rings. The highest BCUT2D eigenvalue weighted by atomic mass is 16.6. The monoisotopic (exact) mass is 408 g/mol. The third-order valence-corrected chi connectivity index (χ3v) is 5.15. The average Bonchev–Trinajstić information content (AvgIpc) is 3.15. The summed E-state index contributed by atoms with van der Waals surface area (Å²) in [5, 5.41) is 4.33. The highest BCUT2D eigenvalue weighted by Crippen LogP contribution is 2.24. The van der Waals surface area contributed by atoms with Crippen molar-refractivity contribution in [1.82, 2.24) is 4.90 Å². The molecule has 0 radical (unpaired) electrons. The van der Waals surface area contributed by atoms with Crippen molar-refractivity contribution in [1.29, 1.82) is 0 Å². The van der Waals surface area contributed by atoms with E-state index in [0.29, 0.717) is 25.9 Å². The summed E-state index contributed by atoms with van der Waals surface area (Å²) in [5.41, 5.74) is 4.19. The molecule has 0 fully saturated rings. The molecule has 0 saturated carbocycles. The second-order valence-electron chi connectivity index (χ2n) is 9.15. The Balaban J connectivity index is 1.72. The summed E-state index contributed by atoms with van der Waals surface area (Å²) >= 11 is 0. The largest absolute Gasteiger partial charge is 0.497 e. The van der Waals surface area contributed by atoms with E-state index in [1.54, 1.807) is 7.11 Å². The molecule has 0 unspecified atom stereocenters. The van der Waals surface area contributed by atoms with Gasteiger partial charge in [0.05, 0.1) is 19.4 Å². The highest BCUT2D eigenvalue weighted by molar-refractivity contribution is 6.02. The summed E-state index contributed by atoms with van der Waals surface area (Å²) in [7, 11) is 1.65. The lowest BCUT2D eigenvalue weighted by molar-refractivity contribution is -0.135. The van der Waals surface area contributed by atoms with Gasteiger partial charge in [-0.2, -0.15) is 0 Å². The van der Waals surface area contributed by atoms with Crippen LogP contribution in [0.15, 0.2) is 53.7 Å².